The zero-order chi connectivity index (χ0) is 19.9. The first-order chi connectivity index (χ1) is 13.5. The van der Waals surface area contributed by atoms with Gasteiger partial charge in [0.25, 0.3) is 11.8 Å². The number of aromatic nitrogens is 1. The van der Waals surface area contributed by atoms with Crippen molar-refractivity contribution >= 4 is 17.5 Å². The van der Waals surface area contributed by atoms with Gasteiger partial charge in [-0.2, -0.15) is 0 Å². The largest absolute Gasteiger partial charge is 0.352 e. The maximum absolute atomic E-state index is 12.6. The van der Waals surface area contributed by atoms with Crippen molar-refractivity contribution in [3.05, 3.63) is 94.8 Å². The topological polar surface area (TPSA) is 71.1 Å². The fourth-order valence-electron chi connectivity index (χ4n) is 2.82. The summed E-state index contributed by atoms with van der Waals surface area (Å²) in [5.74, 6) is -0.537. The van der Waals surface area contributed by atoms with Crippen LogP contribution in [0.3, 0.4) is 0 Å². The van der Waals surface area contributed by atoms with Gasteiger partial charge in [0.1, 0.15) is 0 Å². The van der Waals surface area contributed by atoms with Gasteiger partial charge in [0.05, 0.1) is 11.1 Å². The Bertz CT molecular complexity index is 984. The molecule has 3 aromatic rings. The van der Waals surface area contributed by atoms with Crippen LogP contribution in [-0.2, 0) is 6.42 Å². The Hall–Kier alpha value is -3.47. The molecule has 0 unspecified atom stereocenters. The van der Waals surface area contributed by atoms with E-state index >= 15 is 0 Å². The summed E-state index contributed by atoms with van der Waals surface area (Å²) in [7, 11) is 0. The number of pyridine rings is 1. The molecule has 142 valence electrons. The first-order valence-corrected chi connectivity index (χ1v) is 9.19. The van der Waals surface area contributed by atoms with Crippen LogP contribution in [0.4, 0.5) is 5.69 Å². The van der Waals surface area contributed by atoms with Crippen LogP contribution in [-0.4, -0.2) is 23.3 Å². The first kappa shape index (κ1) is 19.3. The van der Waals surface area contributed by atoms with E-state index in [4.69, 9.17) is 0 Å². The van der Waals surface area contributed by atoms with Gasteiger partial charge in [0, 0.05) is 24.6 Å². The Morgan fingerprint density at radius 2 is 1.61 bits per heavy atom. The van der Waals surface area contributed by atoms with E-state index in [1.54, 1.807) is 6.07 Å². The minimum Gasteiger partial charge on any atom is -0.352 e. The van der Waals surface area contributed by atoms with Crippen LogP contribution in [0.5, 0.6) is 0 Å². The van der Waals surface area contributed by atoms with E-state index in [0.29, 0.717) is 17.7 Å². The van der Waals surface area contributed by atoms with Gasteiger partial charge in [-0.3, -0.25) is 14.6 Å². The third-order valence-corrected chi connectivity index (χ3v) is 4.45. The van der Waals surface area contributed by atoms with E-state index in [-0.39, 0.29) is 11.8 Å². The Morgan fingerprint density at radius 3 is 2.36 bits per heavy atom. The van der Waals surface area contributed by atoms with Crippen molar-refractivity contribution in [3.63, 3.8) is 0 Å². The van der Waals surface area contributed by atoms with E-state index in [0.717, 1.165) is 28.8 Å². The van der Waals surface area contributed by atoms with Gasteiger partial charge in [-0.05, 0) is 49.1 Å². The highest BCUT2D eigenvalue weighted by Gasteiger charge is 2.12. The summed E-state index contributed by atoms with van der Waals surface area (Å²) in [5, 5.41) is 5.76. The molecule has 0 spiro atoms. The molecule has 0 aliphatic carbocycles. The second kappa shape index (κ2) is 8.95. The van der Waals surface area contributed by atoms with Crippen LogP contribution in [0.2, 0.25) is 0 Å². The lowest BCUT2D eigenvalue weighted by molar-refractivity contribution is 0.0953. The first-order valence-electron chi connectivity index (χ1n) is 9.19. The molecule has 2 amide bonds. The zero-order valence-electron chi connectivity index (χ0n) is 16.0. The molecule has 3 rings (SSSR count). The summed E-state index contributed by atoms with van der Waals surface area (Å²) in [6, 6.07) is 17.4. The van der Waals surface area contributed by atoms with Gasteiger partial charge in [-0.1, -0.05) is 42.5 Å². The molecule has 0 aliphatic rings. The third-order valence-electron chi connectivity index (χ3n) is 4.45. The molecular weight excluding hydrogens is 350 g/mol. The van der Waals surface area contributed by atoms with Gasteiger partial charge in [0.15, 0.2) is 0 Å². The van der Waals surface area contributed by atoms with Gasteiger partial charge in [-0.25, -0.2) is 0 Å². The Balaban J connectivity index is 1.63. The molecule has 0 fully saturated rings. The second-order valence-electron chi connectivity index (χ2n) is 6.73. The van der Waals surface area contributed by atoms with Gasteiger partial charge in [-0.15, -0.1) is 0 Å². The fraction of sp³-hybridized carbons (Fsp3) is 0.174. The molecule has 0 saturated heterocycles. The molecule has 5 nitrogen and oxygen atoms in total. The van der Waals surface area contributed by atoms with Crippen LogP contribution < -0.4 is 10.6 Å². The maximum Gasteiger partial charge on any atom is 0.257 e. The average molecular weight is 373 g/mol. The van der Waals surface area contributed by atoms with E-state index in [1.807, 2.05) is 62.4 Å². The average Bonchev–Trinajstić information content (AvgIpc) is 2.71. The Morgan fingerprint density at radius 1 is 0.893 bits per heavy atom. The van der Waals surface area contributed by atoms with Crippen molar-refractivity contribution in [2.45, 2.75) is 20.3 Å². The van der Waals surface area contributed by atoms with E-state index < -0.39 is 0 Å². The summed E-state index contributed by atoms with van der Waals surface area (Å²) in [5.41, 5.74) is 4.65. The molecule has 0 bridgehead atoms. The predicted molar refractivity (Wildman–Crippen MR) is 111 cm³/mol. The van der Waals surface area contributed by atoms with Crippen molar-refractivity contribution in [1.82, 2.24) is 10.3 Å². The van der Waals surface area contributed by atoms with Crippen LogP contribution in [0, 0.1) is 13.8 Å². The number of aryl methyl sites for hydroxylation is 2. The maximum atomic E-state index is 12.6. The number of carbonyl (C=O) groups is 2. The number of rotatable bonds is 6. The van der Waals surface area contributed by atoms with Crippen molar-refractivity contribution in [2.75, 3.05) is 11.9 Å². The minimum absolute atomic E-state index is 0.246. The molecule has 0 aliphatic heterocycles. The fourth-order valence-corrected chi connectivity index (χ4v) is 2.82. The highest BCUT2D eigenvalue weighted by atomic mass is 16.2. The van der Waals surface area contributed by atoms with Gasteiger partial charge < -0.3 is 10.6 Å². The molecule has 0 saturated carbocycles. The predicted octanol–water partition coefficient (Wildman–Crippen LogP) is 3.92. The normalized spacial score (nSPS) is 10.4. The molecule has 0 atom stereocenters. The van der Waals surface area contributed by atoms with Crippen molar-refractivity contribution < 1.29 is 9.59 Å². The van der Waals surface area contributed by atoms with Crippen LogP contribution in [0.1, 0.15) is 37.4 Å². The molecule has 1 aromatic heterocycles. The molecule has 2 aromatic carbocycles. The van der Waals surface area contributed by atoms with Crippen molar-refractivity contribution in [3.8, 4) is 0 Å². The third kappa shape index (κ3) is 5.04. The minimum atomic E-state index is -0.292. The lowest BCUT2D eigenvalue weighted by atomic mass is 10.1. The highest BCUT2D eigenvalue weighted by molar-refractivity contribution is 6.06. The van der Waals surface area contributed by atoms with Crippen molar-refractivity contribution in [1.29, 1.82) is 0 Å². The molecular formula is C23H23N3O2. The van der Waals surface area contributed by atoms with Crippen LogP contribution in [0.25, 0.3) is 0 Å². The molecule has 5 heteroatoms. The Labute approximate surface area is 164 Å². The monoisotopic (exact) mass is 373 g/mol. The van der Waals surface area contributed by atoms with E-state index in [2.05, 4.69) is 15.6 Å². The van der Waals surface area contributed by atoms with Crippen LogP contribution >= 0.6 is 0 Å². The van der Waals surface area contributed by atoms with Gasteiger partial charge >= 0.3 is 0 Å². The quantitative estimate of drug-likeness (QED) is 0.688. The lowest BCUT2D eigenvalue weighted by Crippen LogP contribution is -2.26. The summed E-state index contributed by atoms with van der Waals surface area (Å²) in [6.45, 7) is 4.42. The summed E-state index contributed by atoms with van der Waals surface area (Å²) in [6.07, 6.45) is 3.67. The molecule has 0 radical (unpaired) electrons. The second-order valence-corrected chi connectivity index (χ2v) is 6.73. The summed E-state index contributed by atoms with van der Waals surface area (Å²) >= 11 is 0. The lowest BCUT2D eigenvalue weighted by Gasteiger charge is -2.10. The van der Waals surface area contributed by atoms with Crippen LogP contribution in [0.15, 0.2) is 67.0 Å². The number of hydrogen-bond acceptors (Lipinski definition) is 3. The van der Waals surface area contributed by atoms with E-state index in [9.17, 15) is 9.59 Å². The molecule has 2 N–H and O–H groups in total. The Kier molecular flexibility index (Phi) is 6.17. The number of nitrogens with one attached hydrogen (secondary N) is 2. The summed E-state index contributed by atoms with van der Waals surface area (Å²) < 4.78 is 0. The molecule has 28 heavy (non-hydrogen) atoms. The number of anilines is 1. The SMILES string of the molecule is Cc1ccc(C)c(NC(=O)c2cncc(C(=O)NCCc3ccccc3)c2)c1. The van der Waals surface area contributed by atoms with E-state index in [1.165, 1.54) is 12.4 Å². The molecule has 1 heterocycles. The smallest absolute Gasteiger partial charge is 0.257 e. The number of benzene rings is 2. The van der Waals surface area contributed by atoms with Crippen molar-refractivity contribution in [2.24, 2.45) is 0 Å². The number of amides is 2. The zero-order valence-corrected chi connectivity index (χ0v) is 16.0. The number of hydrogen-bond donors (Lipinski definition) is 2. The number of carbonyl (C=O) groups excluding carboxylic acids is 2. The number of nitrogens with zero attached hydrogens (tertiary/aromatic N) is 1. The van der Waals surface area contributed by atoms with Gasteiger partial charge in [0.2, 0.25) is 0 Å². The highest BCUT2D eigenvalue weighted by Crippen LogP contribution is 2.17. The summed E-state index contributed by atoms with van der Waals surface area (Å²) in [4.78, 5) is 29.0. The standard InChI is InChI=1S/C23H23N3O2/c1-16-8-9-17(2)21(12-16)26-23(28)20-13-19(14-24-15-20)22(27)25-11-10-18-6-4-3-5-7-18/h3-9,12-15H,10-11H2,1-2H3,(H,25,27)(H,26,28).